The van der Waals surface area contributed by atoms with Gasteiger partial charge < -0.3 is 19.6 Å². The zero-order chi connectivity index (χ0) is 22.1. The van der Waals surface area contributed by atoms with Gasteiger partial charge in [0.25, 0.3) is 5.91 Å². The van der Waals surface area contributed by atoms with Crippen molar-refractivity contribution < 1.29 is 4.79 Å². The predicted octanol–water partition coefficient (Wildman–Crippen LogP) is 4.16. The predicted molar refractivity (Wildman–Crippen MR) is 125 cm³/mol. The lowest BCUT2D eigenvalue weighted by Crippen LogP contribution is -2.52. The van der Waals surface area contributed by atoms with Crippen LogP contribution < -0.4 is 5.32 Å². The van der Waals surface area contributed by atoms with Crippen molar-refractivity contribution in [2.24, 2.45) is 0 Å². The average Bonchev–Trinajstić information content (AvgIpc) is 3.45. The third-order valence-corrected chi connectivity index (χ3v) is 6.77. The molecule has 1 saturated carbocycles. The van der Waals surface area contributed by atoms with Crippen LogP contribution in [-0.2, 0) is 6.54 Å². The molecule has 7 nitrogen and oxygen atoms in total. The van der Waals surface area contributed by atoms with Crippen LogP contribution in [-0.4, -0.2) is 48.3 Å². The quantitative estimate of drug-likeness (QED) is 0.481. The molecule has 1 aliphatic carbocycles. The standard InChI is InChI=1S/C25H30N6O/c1-3-31(24(32)23-28-21-8-4-5-9-22(21)29-23)19-7-6-12-25(2,13-19)27-14-18-10-11-20-15-26-17-30(20)16-18/h4-5,8-11,15-17,19,27H,3,6-7,12-14H2,1-2H3,(H,28,29)/t19-,25?/m0/s1. The zero-order valence-electron chi connectivity index (χ0n) is 18.7. The largest absolute Gasteiger partial charge is 0.334 e. The van der Waals surface area contributed by atoms with Crippen LogP contribution in [0.3, 0.4) is 0 Å². The first-order valence-electron chi connectivity index (χ1n) is 11.5. The number of hydrogen-bond acceptors (Lipinski definition) is 4. The molecule has 5 rings (SSSR count). The Bertz CT molecular complexity index is 1210. The highest BCUT2D eigenvalue weighted by Crippen LogP contribution is 2.32. The lowest BCUT2D eigenvalue weighted by molar-refractivity contribution is 0.0564. The van der Waals surface area contributed by atoms with Crippen molar-refractivity contribution in [2.75, 3.05) is 6.54 Å². The number of amides is 1. The smallest absolute Gasteiger partial charge is 0.289 e. The highest BCUT2D eigenvalue weighted by atomic mass is 16.2. The molecule has 1 aliphatic rings. The number of pyridine rings is 1. The van der Waals surface area contributed by atoms with Gasteiger partial charge in [0.2, 0.25) is 0 Å². The topological polar surface area (TPSA) is 78.3 Å². The van der Waals surface area contributed by atoms with Gasteiger partial charge in [-0.05, 0) is 63.3 Å². The molecule has 32 heavy (non-hydrogen) atoms. The summed E-state index contributed by atoms with van der Waals surface area (Å²) in [4.78, 5) is 27.3. The first-order valence-corrected chi connectivity index (χ1v) is 11.5. The third-order valence-electron chi connectivity index (χ3n) is 6.77. The maximum Gasteiger partial charge on any atom is 0.289 e. The Morgan fingerprint density at radius 2 is 2.19 bits per heavy atom. The Balaban J connectivity index is 1.29. The van der Waals surface area contributed by atoms with Crippen LogP contribution in [0.25, 0.3) is 16.6 Å². The number of nitrogens with zero attached hydrogens (tertiary/aromatic N) is 4. The number of para-hydroxylation sites is 2. The van der Waals surface area contributed by atoms with Crippen molar-refractivity contribution in [2.45, 2.75) is 57.7 Å². The number of carbonyl (C=O) groups excluding carboxylic acids is 1. The van der Waals surface area contributed by atoms with E-state index in [2.05, 4.69) is 52.4 Å². The molecule has 0 bridgehead atoms. The van der Waals surface area contributed by atoms with E-state index < -0.39 is 0 Å². The molecule has 2 N–H and O–H groups in total. The molecule has 3 heterocycles. The number of aromatic amines is 1. The summed E-state index contributed by atoms with van der Waals surface area (Å²) in [5, 5.41) is 3.79. The van der Waals surface area contributed by atoms with E-state index in [0.29, 0.717) is 12.4 Å². The summed E-state index contributed by atoms with van der Waals surface area (Å²) in [6.07, 6.45) is 9.98. The highest BCUT2D eigenvalue weighted by molar-refractivity contribution is 5.94. The molecule has 0 saturated heterocycles. The van der Waals surface area contributed by atoms with Gasteiger partial charge in [-0.2, -0.15) is 0 Å². The minimum Gasteiger partial charge on any atom is -0.334 e. The Labute approximate surface area is 187 Å². The Morgan fingerprint density at radius 3 is 3.03 bits per heavy atom. The van der Waals surface area contributed by atoms with Gasteiger partial charge in [-0.25, -0.2) is 9.97 Å². The van der Waals surface area contributed by atoms with Crippen molar-refractivity contribution >= 4 is 22.5 Å². The van der Waals surface area contributed by atoms with E-state index in [4.69, 9.17) is 0 Å². The van der Waals surface area contributed by atoms with Gasteiger partial charge in [-0.1, -0.05) is 18.2 Å². The maximum atomic E-state index is 13.3. The van der Waals surface area contributed by atoms with E-state index >= 15 is 0 Å². The minimum absolute atomic E-state index is 0.0106. The summed E-state index contributed by atoms with van der Waals surface area (Å²) in [7, 11) is 0. The van der Waals surface area contributed by atoms with Crippen LogP contribution in [0.15, 0.2) is 55.1 Å². The van der Waals surface area contributed by atoms with E-state index in [1.807, 2.05) is 46.1 Å². The van der Waals surface area contributed by atoms with Gasteiger partial charge in [0.1, 0.15) is 0 Å². The molecule has 2 atom stereocenters. The fourth-order valence-electron chi connectivity index (χ4n) is 5.02. The van der Waals surface area contributed by atoms with Crippen molar-refractivity contribution in [3.8, 4) is 0 Å². The molecule has 0 aliphatic heterocycles. The van der Waals surface area contributed by atoms with Gasteiger partial charge in [-0.3, -0.25) is 4.79 Å². The average molecular weight is 431 g/mol. The lowest BCUT2D eigenvalue weighted by Gasteiger charge is -2.43. The third kappa shape index (κ3) is 4.00. The number of imidazole rings is 2. The molecule has 1 fully saturated rings. The summed E-state index contributed by atoms with van der Waals surface area (Å²) >= 11 is 0. The van der Waals surface area contributed by atoms with Crippen molar-refractivity contribution in [1.29, 1.82) is 0 Å². The van der Waals surface area contributed by atoms with Crippen LogP contribution in [0, 0.1) is 0 Å². The van der Waals surface area contributed by atoms with E-state index in [9.17, 15) is 4.79 Å². The number of hydrogen-bond donors (Lipinski definition) is 2. The van der Waals surface area contributed by atoms with E-state index in [-0.39, 0.29) is 17.5 Å². The molecule has 1 unspecified atom stereocenters. The number of carbonyl (C=O) groups is 1. The maximum absolute atomic E-state index is 13.3. The normalized spacial score (nSPS) is 21.2. The molecule has 0 spiro atoms. The molecular formula is C25H30N6O. The first-order chi connectivity index (χ1) is 15.5. The van der Waals surface area contributed by atoms with Crippen LogP contribution >= 0.6 is 0 Å². The number of aromatic nitrogens is 4. The summed E-state index contributed by atoms with van der Waals surface area (Å²) in [5.41, 5.74) is 4.03. The number of benzene rings is 1. The van der Waals surface area contributed by atoms with Crippen molar-refractivity contribution in [1.82, 2.24) is 29.6 Å². The van der Waals surface area contributed by atoms with Crippen LogP contribution in [0.4, 0.5) is 0 Å². The molecule has 166 valence electrons. The van der Waals surface area contributed by atoms with Gasteiger partial charge in [0.05, 0.1) is 29.1 Å². The summed E-state index contributed by atoms with van der Waals surface area (Å²) < 4.78 is 2.05. The van der Waals surface area contributed by atoms with Gasteiger partial charge >= 0.3 is 0 Å². The first kappa shape index (κ1) is 20.7. The van der Waals surface area contributed by atoms with Crippen molar-refractivity contribution in [3.63, 3.8) is 0 Å². The molecule has 0 radical (unpaired) electrons. The Hall–Kier alpha value is -3.19. The number of fused-ring (bicyclic) bond motifs is 2. The van der Waals surface area contributed by atoms with Crippen LogP contribution in [0.2, 0.25) is 0 Å². The summed E-state index contributed by atoms with van der Waals surface area (Å²) in [6, 6.07) is 12.2. The summed E-state index contributed by atoms with van der Waals surface area (Å²) in [6.45, 7) is 5.81. The van der Waals surface area contributed by atoms with Crippen LogP contribution in [0.5, 0.6) is 0 Å². The van der Waals surface area contributed by atoms with E-state index in [1.54, 1.807) is 0 Å². The fraction of sp³-hybridized carbons (Fsp3) is 0.400. The van der Waals surface area contributed by atoms with Crippen molar-refractivity contribution in [3.05, 3.63) is 66.5 Å². The molecule has 4 aromatic rings. The Morgan fingerprint density at radius 1 is 1.31 bits per heavy atom. The van der Waals surface area contributed by atoms with E-state index in [0.717, 1.165) is 48.8 Å². The summed E-state index contributed by atoms with van der Waals surface area (Å²) in [5.74, 6) is 0.422. The Kier molecular flexibility index (Phi) is 5.43. The van der Waals surface area contributed by atoms with Crippen LogP contribution in [0.1, 0.15) is 55.7 Å². The van der Waals surface area contributed by atoms with Gasteiger partial charge in [0, 0.05) is 30.9 Å². The highest BCUT2D eigenvalue weighted by Gasteiger charge is 2.36. The van der Waals surface area contributed by atoms with E-state index in [1.165, 1.54) is 5.56 Å². The lowest BCUT2D eigenvalue weighted by atomic mass is 9.79. The fourth-order valence-corrected chi connectivity index (χ4v) is 5.02. The second-order valence-electron chi connectivity index (χ2n) is 9.12. The number of nitrogens with one attached hydrogen (secondary N) is 2. The molecular weight excluding hydrogens is 400 g/mol. The second kappa shape index (κ2) is 8.39. The second-order valence-corrected chi connectivity index (χ2v) is 9.12. The number of H-pyrrole nitrogens is 1. The molecule has 1 aromatic carbocycles. The number of rotatable bonds is 6. The minimum atomic E-state index is -0.0195. The molecule has 3 aromatic heterocycles. The zero-order valence-corrected chi connectivity index (χ0v) is 18.7. The molecule has 1 amide bonds. The molecule has 7 heteroatoms. The SMILES string of the molecule is CCN(C(=O)c1nc2ccccc2[nH]1)[C@H]1CCCC(C)(NCc2ccc3cncn3c2)C1. The van der Waals surface area contributed by atoms with Gasteiger partial charge in [-0.15, -0.1) is 0 Å². The van der Waals surface area contributed by atoms with Gasteiger partial charge in [0.15, 0.2) is 5.82 Å². The monoisotopic (exact) mass is 430 g/mol.